The molecule has 0 atom stereocenters. The summed E-state index contributed by atoms with van der Waals surface area (Å²) in [5, 5.41) is 3.32. The second kappa shape index (κ2) is 4.52. The Kier molecular flexibility index (Phi) is 3.77. The van der Waals surface area contributed by atoms with E-state index in [2.05, 4.69) is 12.2 Å². The van der Waals surface area contributed by atoms with Gasteiger partial charge in [-0.15, -0.1) is 0 Å². The van der Waals surface area contributed by atoms with Gasteiger partial charge in [0.1, 0.15) is 0 Å². The van der Waals surface area contributed by atoms with Crippen LogP contribution < -0.4 is 5.32 Å². The van der Waals surface area contributed by atoms with Crippen molar-refractivity contribution >= 4 is 5.97 Å². The Morgan fingerprint density at radius 2 is 1.87 bits per heavy atom. The Labute approximate surface area is 92.6 Å². The fraction of sp³-hybridized carbons (Fsp3) is 0.917. The number of carbonyl (C=O) groups is 1. The van der Waals surface area contributed by atoms with Gasteiger partial charge in [0.15, 0.2) is 0 Å². The summed E-state index contributed by atoms with van der Waals surface area (Å²) in [5.41, 5.74) is -0.213. The normalized spacial score (nSPS) is 21.1. The van der Waals surface area contributed by atoms with Gasteiger partial charge in [-0.2, -0.15) is 0 Å². The fourth-order valence-corrected chi connectivity index (χ4v) is 1.63. The van der Waals surface area contributed by atoms with E-state index in [4.69, 9.17) is 4.74 Å². The lowest BCUT2D eigenvalue weighted by Crippen LogP contribution is -2.39. The molecule has 3 nitrogen and oxygen atoms in total. The van der Waals surface area contributed by atoms with E-state index >= 15 is 0 Å². The molecule has 0 unspecified atom stereocenters. The summed E-state index contributed by atoms with van der Waals surface area (Å²) in [6, 6.07) is 0. The Morgan fingerprint density at radius 1 is 1.33 bits per heavy atom. The van der Waals surface area contributed by atoms with Crippen LogP contribution in [0.15, 0.2) is 0 Å². The maximum atomic E-state index is 11.6. The molecule has 1 aliphatic heterocycles. The predicted molar refractivity (Wildman–Crippen MR) is 60.6 cm³/mol. The Morgan fingerprint density at radius 3 is 2.33 bits per heavy atom. The number of hydrogen-bond acceptors (Lipinski definition) is 3. The highest BCUT2D eigenvalue weighted by atomic mass is 16.5. The molecule has 1 aliphatic rings. The van der Waals surface area contributed by atoms with Crippen LogP contribution in [0.2, 0.25) is 0 Å². The van der Waals surface area contributed by atoms with Gasteiger partial charge in [-0.1, -0.05) is 6.92 Å². The van der Waals surface area contributed by atoms with Crippen LogP contribution in [0.4, 0.5) is 0 Å². The number of nitrogens with one attached hydrogen (secondary N) is 1. The van der Waals surface area contributed by atoms with Gasteiger partial charge in [-0.25, -0.2) is 0 Å². The van der Waals surface area contributed by atoms with Crippen molar-refractivity contribution in [3.8, 4) is 0 Å². The van der Waals surface area contributed by atoms with Crippen LogP contribution >= 0.6 is 0 Å². The molecule has 0 saturated carbocycles. The lowest BCUT2D eigenvalue weighted by atomic mass is 9.82. The van der Waals surface area contributed by atoms with Crippen molar-refractivity contribution < 1.29 is 9.53 Å². The molecule has 88 valence electrons. The third kappa shape index (κ3) is 3.82. The maximum Gasteiger partial charge on any atom is 0.311 e. The van der Waals surface area contributed by atoms with E-state index in [1.165, 1.54) is 0 Å². The maximum absolute atomic E-state index is 11.6. The standard InChI is InChI=1S/C12H23NO2/c1-11(2,3)10(14)15-9-12(4)5-7-13-8-6-12/h13H,5-9H2,1-4H3. The van der Waals surface area contributed by atoms with E-state index in [9.17, 15) is 4.79 Å². The first kappa shape index (κ1) is 12.5. The average molecular weight is 213 g/mol. The molecule has 3 heteroatoms. The van der Waals surface area contributed by atoms with Gasteiger partial charge in [0.2, 0.25) is 0 Å². The molecule has 1 saturated heterocycles. The van der Waals surface area contributed by atoms with Gasteiger partial charge >= 0.3 is 5.97 Å². The Hall–Kier alpha value is -0.570. The van der Waals surface area contributed by atoms with Crippen LogP contribution in [0.5, 0.6) is 0 Å². The van der Waals surface area contributed by atoms with E-state index in [1.807, 2.05) is 20.8 Å². The molecular weight excluding hydrogens is 190 g/mol. The van der Waals surface area contributed by atoms with Crippen LogP contribution in [-0.2, 0) is 9.53 Å². The highest BCUT2D eigenvalue weighted by Crippen LogP contribution is 2.29. The van der Waals surface area contributed by atoms with Crippen LogP contribution in [-0.4, -0.2) is 25.7 Å². The third-order valence-corrected chi connectivity index (χ3v) is 2.97. The van der Waals surface area contributed by atoms with Crippen molar-refractivity contribution in [1.29, 1.82) is 0 Å². The summed E-state index contributed by atoms with van der Waals surface area (Å²) < 4.78 is 5.38. The second-order valence-electron chi connectivity index (χ2n) is 5.89. The number of hydrogen-bond donors (Lipinski definition) is 1. The number of piperidine rings is 1. The van der Waals surface area contributed by atoms with Crippen molar-refractivity contribution in [2.45, 2.75) is 40.5 Å². The summed E-state index contributed by atoms with van der Waals surface area (Å²) in [5.74, 6) is -0.0951. The molecule has 1 fully saturated rings. The van der Waals surface area contributed by atoms with E-state index in [1.54, 1.807) is 0 Å². The zero-order valence-corrected chi connectivity index (χ0v) is 10.4. The van der Waals surface area contributed by atoms with Gasteiger partial charge in [-0.3, -0.25) is 4.79 Å². The van der Waals surface area contributed by atoms with E-state index in [0.717, 1.165) is 25.9 Å². The first-order valence-electron chi connectivity index (χ1n) is 5.71. The minimum atomic E-state index is -0.386. The summed E-state index contributed by atoms with van der Waals surface area (Å²) >= 11 is 0. The van der Waals surface area contributed by atoms with Crippen LogP contribution in [0.25, 0.3) is 0 Å². The van der Waals surface area contributed by atoms with Crippen LogP contribution in [0.3, 0.4) is 0 Å². The zero-order chi connectivity index (χ0) is 11.5. The number of carbonyl (C=O) groups excluding carboxylic acids is 1. The molecule has 0 aromatic rings. The van der Waals surface area contributed by atoms with Crippen LogP contribution in [0.1, 0.15) is 40.5 Å². The minimum Gasteiger partial charge on any atom is -0.465 e. The molecule has 0 spiro atoms. The zero-order valence-electron chi connectivity index (χ0n) is 10.4. The van der Waals surface area contributed by atoms with Gasteiger partial charge < -0.3 is 10.1 Å². The monoisotopic (exact) mass is 213 g/mol. The summed E-state index contributed by atoms with van der Waals surface area (Å²) in [4.78, 5) is 11.6. The third-order valence-electron chi connectivity index (χ3n) is 2.97. The Bertz CT molecular complexity index is 224. The molecule has 0 aromatic heterocycles. The van der Waals surface area contributed by atoms with E-state index in [0.29, 0.717) is 6.61 Å². The largest absolute Gasteiger partial charge is 0.465 e. The predicted octanol–water partition coefficient (Wildman–Crippen LogP) is 1.97. The van der Waals surface area contributed by atoms with Crippen molar-refractivity contribution in [2.75, 3.05) is 19.7 Å². The lowest BCUT2D eigenvalue weighted by molar-refractivity contribution is -0.156. The quantitative estimate of drug-likeness (QED) is 0.713. The highest BCUT2D eigenvalue weighted by Gasteiger charge is 2.30. The van der Waals surface area contributed by atoms with Crippen molar-refractivity contribution in [3.05, 3.63) is 0 Å². The molecule has 0 aliphatic carbocycles. The molecular formula is C12H23NO2. The smallest absolute Gasteiger partial charge is 0.311 e. The van der Waals surface area contributed by atoms with E-state index in [-0.39, 0.29) is 16.8 Å². The summed E-state index contributed by atoms with van der Waals surface area (Å²) in [7, 11) is 0. The number of esters is 1. The van der Waals surface area contributed by atoms with Gasteiger partial charge in [-0.05, 0) is 46.7 Å². The minimum absolute atomic E-state index is 0.0951. The SMILES string of the molecule is CC1(COC(=O)C(C)(C)C)CCNCC1. The average Bonchev–Trinajstić information content (AvgIpc) is 2.14. The molecule has 0 aromatic carbocycles. The van der Waals surface area contributed by atoms with Crippen LogP contribution in [0, 0.1) is 10.8 Å². The molecule has 0 radical (unpaired) electrons. The van der Waals surface area contributed by atoms with Gasteiger partial charge in [0, 0.05) is 5.41 Å². The fourth-order valence-electron chi connectivity index (χ4n) is 1.63. The van der Waals surface area contributed by atoms with E-state index < -0.39 is 0 Å². The molecule has 1 N–H and O–H groups in total. The van der Waals surface area contributed by atoms with Crippen molar-refractivity contribution in [1.82, 2.24) is 5.32 Å². The molecule has 15 heavy (non-hydrogen) atoms. The molecule has 1 heterocycles. The molecule has 0 bridgehead atoms. The number of ether oxygens (including phenoxy) is 1. The summed E-state index contributed by atoms with van der Waals surface area (Å²) in [6.45, 7) is 10.5. The first-order valence-corrected chi connectivity index (χ1v) is 5.71. The molecule has 1 rings (SSSR count). The second-order valence-corrected chi connectivity index (χ2v) is 5.89. The van der Waals surface area contributed by atoms with Crippen molar-refractivity contribution in [2.24, 2.45) is 10.8 Å². The van der Waals surface area contributed by atoms with Crippen molar-refractivity contribution in [3.63, 3.8) is 0 Å². The topological polar surface area (TPSA) is 38.3 Å². The number of rotatable bonds is 2. The van der Waals surface area contributed by atoms with Gasteiger partial charge in [0.25, 0.3) is 0 Å². The summed E-state index contributed by atoms with van der Waals surface area (Å²) in [6.07, 6.45) is 2.18. The van der Waals surface area contributed by atoms with Gasteiger partial charge in [0.05, 0.1) is 12.0 Å². The highest BCUT2D eigenvalue weighted by molar-refractivity contribution is 5.75. The molecule has 0 amide bonds. The first-order chi connectivity index (χ1) is 6.83. The Balaban J connectivity index is 2.38. The lowest BCUT2D eigenvalue weighted by Gasteiger charge is -2.34.